The van der Waals surface area contributed by atoms with Crippen LogP contribution in [0.5, 0.6) is 0 Å². The number of hydrogen-bond acceptors (Lipinski definition) is 1. The summed E-state index contributed by atoms with van der Waals surface area (Å²) in [5, 5.41) is 9.63. The van der Waals surface area contributed by atoms with Crippen LogP contribution < -0.4 is 0 Å². The average molecular weight is 168 g/mol. The first-order valence-electron chi connectivity index (χ1n) is 5.19. The molecule has 2 rings (SSSR count). The second-order valence-electron chi connectivity index (χ2n) is 5.35. The van der Waals surface area contributed by atoms with Crippen LogP contribution in [0.2, 0.25) is 0 Å². The van der Waals surface area contributed by atoms with E-state index in [9.17, 15) is 5.11 Å². The van der Waals surface area contributed by atoms with Crippen LogP contribution in [-0.2, 0) is 0 Å². The van der Waals surface area contributed by atoms with Gasteiger partial charge in [0.2, 0.25) is 0 Å². The van der Waals surface area contributed by atoms with Crippen molar-refractivity contribution in [1.29, 1.82) is 0 Å². The van der Waals surface area contributed by atoms with Gasteiger partial charge in [0.15, 0.2) is 0 Å². The third-order valence-electron chi connectivity index (χ3n) is 4.87. The zero-order valence-corrected chi connectivity index (χ0v) is 8.43. The number of aliphatic hydroxyl groups excluding tert-OH is 1. The fourth-order valence-corrected chi connectivity index (χ4v) is 3.49. The standard InChI is InChI=1S/C11H20O/c1-8-10(2,3)11(8)6-4-5-9(12)7-11/h8-9,12H,4-7H2,1-3H3. The van der Waals surface area contributed by atoms with E-state index in [4.69, 9.17) is 0 Å². The summed E-state index contributed by atoms with van der Waals surface area (Å²) >= 11 is 0. The first-order valence-corrected chi connectivity index (χ1v) is 5.19. The minimum atomic E-state index is -0.0111. The van der Waals surface area contributed by atoms with Gasteiger partial charge in [0.1, 0.15) is 0 Å². The van der Waals surface area contributed by atoms with E-state index >= 15 is 0 Å². The van der Waals surface area contributed by atoms with Crippen LogP contribution in [0.1, 0.15) is 46.5 Å². The molecule has 1 N–H and O–H groups in total. The van der Waals surface area contributed by atoms with Gasteiger partial charge in [-0.15, -0.1) is 0 Å². The van der Waals surface area contributed by atoms with Gasteiger partial charge in [-0.05, 0) is 36.0 Å². The number of aliphatic hydroxyl groups is 1. The molecule has 0 amide bonds. The summed E-state index contributed by atoms with van der Waals surface area (Å²) in [4.78, 5) is 0. The third-order valence-corrected chi connectivity index (χ3v) is 4.87. The summed E-state index contributed by atoms with van der Waals surface area (Å²) in [7, 11) is 0. The molecule has 0 radical (unpaired) electrons. The van der Waals surface area contributed by atoms with E-state index in [0.717, 1.165) is 18.8 Å². The van der Waals surface area contributed by atoms with E-state index < -0.39 is 0 Å². The Kier molecular flexibility index (Phi) is 1.61. The van der Waals surface area contributed by atoms with Crippen LogP contribution in [0, 0.1) is 16.7 Å². The van der Waals surface area contributed by atoms with Crippen molar-refractivity contribution in [3.05, 3.63) is 0 Å². The second kappa shape index (κ2) is 2.25. The molecule has 3 atom stereocenters. The fourth-order valence-electron chi connectivity index (χ4n) is 3.49. The van der Waals surface area contributed by atoms with E-state index in [0.29, 0.717) is 10.8 Å². The molecule has 0 aromatic rings. The molecular weight excluding hydrogens is 148 g/mol. The molecule has 2 aliphatic carbocycles. The molecular formula is C11H20O. The van der Waals surface area contributed by atoms with E-state index in [1.807, 2.05) is 0 Å². The molecule has 0 aromatic heterocycles. The molecule has 0 aromatic carbocycles. The van der Waals surface area contributed by atoms with Gasteiger partial charge < -0.3 is 5.11 Å². The minimum Gasteiger partial charge on any atom is -0.393 e. The smallest absolute Gasteiger partial charge is 0.0545 e. The molecule has 2 aliphatic rings. The lowest BCUT2D eigenvalue weighted by Crippen LogP contribution is -2.24. The maximum absolute atomic E-state index is 9.63. The van der Waals surface area contributed by atoms with E-state index in [1.54, 1.807) is 0 Å². The van der Waals surface area contributed by atoms with Gasteiger partial charge in [-0.1, -0.05) is 27.2 Å². The van der Waals surface area contributed by atoms with Crippen LogP contribution >= 0.6 is 0 Å². The van der Waals surface area contributed by atoms with Crippen molar-refractivity contribution < 1.29 is 5.11 Å². The molecule has 70 valence electrons. The Balaban J connectivity index is 2.14. The quantitative estimate of drug-likeness (QED) is 0.589. The van der Waals surface area contributed by atoms with Crippen molar-refractivity contribution >= 4 is 0 Å². The Labute approximate surface area is 75.2 Å². The molecule has 3 unspecified atom stereocenters. The van der Waals surface area contributed by atoms with Crippen molar-refractivity contribution in [2.75, 3.05) is 0 Å². The Morgan fingerprint density at radius 2 is 1.92 bits per heavy atom. The Hall–Kier alpha value is -0.0400. The fraction of sp³-hybridized carbons (Fsp3) is 1.00. The molecule has 12 heavy (non-hydrogen) atoms. The summed E-state index contributed by atoms with van der Waals surface area (Å²) in [5.74, 6) is 0.819. The van der Waals surface area contributed by atoms with Crippen molar-refractivity contribution in [2.24, 2.45) is 16.7 Å². The highest BCUT2D eigenvalue weighted by Gasteiger charge is 2.68. The summed E-state index contributed by atoms with van der Waals surface area (Å²) in [6.45, 7) is 7.06. The van der Waals surface area contributed by atoms with Crippen molar-refractivity contribution in [3.63, 3.8) is 0 Å². The topological polar surface area (TPSA) is 20.2 Å². The van der Waals surface area contributed by atoms with Gasteiger partial charge in [0.05, 0.1) is 6.10 Å². The molecule has 0 aliphatic heterocycles. The summed E-state index contributed by atoms with van der Waals surface area (Å²) in [6, 6.07) is 0. The molecule has 1 nitrogen and oxygen atoms in total. The number of rotatable bonds is 0. The molecule has 2 fully saturated rings. The summed E-state index contributed by atoms with van der Waals surface area (Å²) in [6.07, 6.45) is 4.65. The lowest BCUT2D eigenvalue weighted by Gasteiger charge is -2.29. The highest BCUT2D eigenvalue weighted by atomic mass is 16.3. The predicted octanol–water partition coefficient (Wildman–Crippen LogP) is 2.58. The minimum absolute atomic E-state index is 0.0111. The van der Waals surface area contributed by atoms with Crippen molar-refractivity contribution in [3.8, 4) is 0 Å². The van der Waals surface area contributed by atoms with E-state index in [1.165, 1.54) is 12.8 Å². The van der Waals surface area contributed by atoms with Crippen LogP contribution in [0.15, 0.2) is 0 Å². The first-order chi connectivity index (χ1) is 5.51. The maximum Gasteiger partial charge on any atom is 0.0545 e. The molecule has 0 heterocycles. The second-order valence-corrected chi connectivity index (χ2v) is 5.35. The maximum atomic E-state index is 9.63. The van der Waals surface area contributed by atoms with Crippen LogP contribution in [0.4, 0.5) is 0 Å². The molecule has 0 bridgehead atoms. The summed E-state index contributed by atoms with van der Waals surface area (Å²) in [5.41, 5.74) is 0.999. The van der Waals surface area contributed by atoms with Gasteiger partial charge in [0.25, 0.3) is 0 Å². The van der Waals surface area contributed by atoms with Crippen LogP contribution in [0.25, 0.3) is 0 Å². The Morgan fingerprint density at radius 3 is 2.25 bits per heavy atom. The zero-order chi connectivity index (χ0) is 8.98. The lowest BCUT2D eigenvalue weighted by atomic mass is 9.79. The van der Waals surface area contributed by atoms with Gasteiger partial charge in [-0.3, -0.25) is 0 Å². The van der Waals surface area contributed by atoms with Gasteiger partial charge in [0, 0.05) is 0 Å². The van der Waals surface area contributed by atoms with Gasteiger partial charge >= 0.3 is 0 Å². The van der Waals surface area contributed by atoms with Crippen molar-refractivity contribution in [1.82, 2.24) is 0 Å². The predicted molar refractivity (Wildman–Crippen MR) is 49.9 cm³/mol. The van der Waals surface area contributed by atoms with Gasteiger partial charge in [-0.25, -0.2) is 0 Å². The Morgan fingerprint density at radius 1 is 1.33 bits per heavy atom. The molecule has 1 heteroatoms. The normalized spacial score (nSPS) is 51.0. The zero-order valence-electron chi connectivity index (χ0n) is 8.43. The van der Waals surface area contributed by atoms with E-state index in [2.05, 4.69) is 20.8 Å². The largest absolute Gasteiger partial charge is 0.393 e. The van der Waals surface area contributed by atoms with Gasteiger partial charge in [-0.2, -0.15) is 0 Å². The van der Waals surface area contributed by atoms with Crippen LogP contribution in [-0.4, -0.2) is 11.2 Å². The SMILES string of the molecule is CC1C(C)(C)C12CCCC(O)C2. The van der Waals surface area contributed by atoms with Crippen molar-refractivity contribution in [2.45, 2.75) is 52.6 Å². The lowest BCUT2D eigenvalue weighted by molar-refractivity contribution is 0.0759. The number of hydrogen-bond donors (Lipinski definition) is 1. The highest BCUT2D eigenvalue weighted by Crippen LogP contribution is 2.74. The molecule has 2 saturated carbocycles. The third kappa shape index (κ3) is 0.834. The first kappa shape index (κ1) is 8.55. The molecule has 1 spiro atoms. The monoisotopic (exact) mass is 168 g/mol. The summed E-state index contributed by atoms with van der Waals surface area (Å²) < 4.78 is 0. The highest BCUT2D eigenvalue weighted by molar-refractivity contribution is 5.16. The average Bonchev–Trinajstić information content (AvgIpc) is 2.36. The van der Waals surface area contributed by atoms with Crippen LogP contribution in [0.3, 0.4) is 0 Å². The molecule has 0 saturated heterocycles. The Bertz CT molecular complexity index is 197. The van der Waals surface area contributed by atoms with E-state index in [-0.39, 0.29) is 6.10 Å².